The Morgan fingerprint density at radius 1 is 1.14 bits per heavy atom. The molecule has 0 aliphatic rings. The summed E-state index contributed by atoms with van der Waals surface area (Å²) in [6.07, 6.45) is 1.33. The van der Waals surface area contributed by atoms with Crippen molar-refractivity contribution in [3.8, 4) is 5.75 Å². The fourth-order valence-corrected chi connectivity index (χ4v) is 3.14. The van der Waals surface area contributed by atoms with Gasteiger partial charge in [0.1, 0.15) is 18.1 Å². The minimum Gasteiger partial charge on any atom is -0.497 e. The molecule has 1 N–H and O–H groups in total. The van der Waals surface area contributed by atoms with Gasteiger partial charge in [0.2, 0.25) is 0 Å². The molecule has 7 nitrogen and oxygen atoms in total. The van der Waals surface area contributed by atoms with Crippen LogP contribution in [0.4, 0.5) is 0 Å². The van der Waals surface area contributed by atoms with Crippen molar-refractivity contribution in [2.24, 2.45) is 0 Å². The van der Waals surface area contributed by atoms with Gasteiger partial charge in [0, 0.05) is 18.5 Å². The van der Waals surface area contributed by atoms with Crippen LogP contribution in [0.25, 0.3) is 11.0 Å². The summed E-state index contributed by atoms with van der Waals surface area (Å²) < 4.78 is 12.1. The Balaban J connectivity index is 1.62. The van der Waals surface area contributed by atoms with Crippen molar-refractivity contribution < 1.29 is 19.1 Å². The molecule has 0 atom stereocenters. The number of benzene rings is 2. The van der Waals surface area contributed by atoms with Gasteiger partial charge in [-0.3, -0.25) is 9.59 Å². The average Bonchev–Trinajstić information content (AvgIpc) is 3.08. The molecular weight excluding hydrogens is 370 g/mol. The Kier molecular flexibility index (Phi) is 6.84. The van der Waals surface area contributed by atoms with Gasteiger partial charge in [-0.15, -0.1) is 0 Å². The predicted octanol–water partition coefficient (Wildman–Crippen LogP) is 2.97. The molecular formula is C22H25N3O4. The number of ether oxygens (including phenoxy) is 2. The van der Waals surface area contributed by atoms with Crippen molar-refractivity contribution in [1.82, 2.24) is 14.9 Å². The molecule has 3 aromatic rings. The van der Waals surface area contributed by atoms with Gasteiger partial charge < -0.3 is 19.4 Å². The van der Waals surface area contributed by atoms with Crippen LogP contribution in [0.5, 0.6) is 5.75 Å². The summed E-state index contributed by atoms with van der Waals surface area (Å²) in [7, 11) is 1.57. The van der Waals surface area contributed by atoms with E-state index < -0.39 is 0 Å². The number of hydrogen-bond acceptors (Lipinski definition) is 5. The van der Waals surface area contributed by atoms with E-state index in [0.29, 0.717) is 37.3 Å². The van der Waals surface area contributed by atoms with Crippen molar-refractivity contribution in [1.29, 1.82) is 0 Å². The zero-order chi connectivity index (χ0) is 20.6. The standard InChI is InChI=1S/C22H25N3O4/c1-3-29-21(26)15-25-19-11-5-4-10-18(19)24-20(25)12-7-13-23-22(27)16-8-6-9-17(14-16)28-2/h4-6,8-11,14H,3,7,12-13,15H2,1-2H3,(H,23,27). The van der Waals surface area contributed by atoms with E-state index in [1.165, 1.54) is 0 Å². The van der Waals surface area contributed by atoms with Crippen LogP contribution >= 0.6 is 0 Å². The first kappa shape index (κ1) is 20.4. The lowest BCUT2D eigenvalue weighted by Crippen LogP contribution is -2.25. The zero-order valence-electron chi connectivity index (χ0n) is 16.7. The average molecular weight is 395 g/mol. The van der Waals surface area contributed by atoms with E-state index in [9.17, 15) is 9.59 Å². The van der Waals surface area contributed by atoms with Gasteiger partial charge in [0.25, 0.3) is 5.91 Å². The van der Waals surface area contributed by atoms with Crippen LogP contribution in [0, 0.1) is 0 Å². The summed E-state index contributed by atoms with van der Waals surface area (Å²) >= 11 is 0. The fourth-order valence-electron chi connectivity index (χ4n) is 3.14. The summed E-state index contributed by atoms with van der Waals surface area (Å²) in [5, 5.41) is 2.91. The van der Waals surface area contributed by atoms with Gasteiger partial charge in [0.15, 0.2) is 0 Å². The molecule has 1 amide bonds. The predicted molar refractivity (Wildman–Crippen MR) is 110 cm³/mol. The van der Waals surface area contributed by atoms with Crippen LogP contribution in [0.15, 0.2) is 48.5 Å². The van der Waals surface area contributed by atoms with E-state index in [1.54, 1.807) is 38.3 Å². The van der Waals surface area contributed by atoms with Crippen LogP contribution in [0.2, 0.25) is 0 Å². The summed E-state index contributed by atoms with van der Waals surface area (Å²) in [5.74, 6) is 1.01. The highest BCUT2D eigenvalue weighted by Gasteiger charge is 2.14. The van der Waals surface area contributed by atoms with Gasteiger partial charge in [0.05, 0.1) is 24.8 Å². The summed E-state index contributed by atoms with van der Waals surface area (Å²) in [6, 6.07) is 14.7. The Morgan fingerprint density at radius 3 is 2.76 bits per heavy atom. The van der Waals surface area contributed by atoms with Gasteiger partial charge in [-0.25, -0.2) is 4.98 Å². The number of rotatable bonds is 9. The third-order valence-electron chi connectivity index (χ3n) is 4.52. The van der Waals surface area contributed by atoms with Crippen molar-refractivity contribution in [2.75, 3.05) is 20.3 Å². The highest BCUT2D eigenvalue weighted by molar-refractivity contribution is 5.94. The number of aryl methyl sites for hydroxylation is 1. The lowest BCUT2D eigenvalue weighted by molar-refractivity contribution is -0.143. The van der Waals surface area contributed by atoms with E-state index in [-0.39, 0.29) is 18.4 Å². The number of nitrogens with zero attached hydrogens (tertiary/aromatic N) is 2. The minimum atomic E-state index is -0.289. The van der Waals surface area contributed by atoms with E-state index in [0.717, 1.165) is 16.9 Å². The number of aromatic nitrogens is 2. The number of para-hydroxylation sites is 2. The molecule has 0 saturated carbocycles. The number of nitrogens with one attached hydrogen (secondary N) is 1. The highest BCUT2D eigenvalue weighted by Crippen LogP contribution is 2.17. The maximum atomic E-state index is 12.3. The van der Waals surface area contributed by atoms with Gasteiger partial charge in [-0.05, 0) is 43.7 Å². The molecule has 0 unspecified atom stereocenters. The first-order chi connectivity index (χ1) is 14.1. The number of imidazole rings is 1. The maximum absolute atomic E-state index is 12.3. The van der Waals surface area contributed by atoms with Crippen LogP contribution in [-0.2, 0) is 22.5 Å². The molecule has 0 aliphatic carbocycles. The first-order valence-electron chi connectivity index (χ1n) is 9.64. The number of carbonyl (C=O) groups excluding carboxylic acids is 2. The molecule has 0 aliphatic heterocycles. The quantitative estimate of drug-likeness (QED) is 0.445. The molecule has 0 radical (unpaired) electrons. The number of hydrogen-bond donors (Lipinski definition) is 1. The number of amides is 1. The Morgan fingerprint density at radius 2 is 1.97 bits per heavy atom. The van der Waals surface area contributed by atoms with E-state index in [4.69, 9.17) is 9.47 Å². The molecule has 0 bridgehead atoms. The van der Waals surface area contributed by atoms with Crippen molar-refractivity contribution >= 4 is 22.9 Å². The maximum Gasteiger partial charge on any atom is 0.326 e. The third-order valence-corrected chi connectivity index (χ3v) is 4.52. The van der Waals surface area contributed by atoms with E-state index in [1.807, 2.05) is 28.8 Å². The highest BCUT2D eigenvalue weighted by atomic mass is 16.5. The second-order valence-corrected chi connectivity index (χ2v) is 6.50. The van der Waals surface area contributed by atoms with Gasteiger partial charge >= 0.3 is 5.97 Å². The topological polar surface area (TPSA) is 82.5 Å². The van der Waals surface area contributed by atoms with E-state index >= 15 is 0 Å². The van der Waals surface area contributed by atoms with Crippen molar-refractivity contribution in [3.63, 3.8) is 0 Å². The first-order valence-corrected chi connectivity index (χ1v) is 9.64. The SMILES string of the molecule is CCOC(=O)Cn1c(CCCNC(=O)c2cccc(OC)c2)nc2ccccc21. The Hall–Kier alpha value is -3.35. The van der Waals surface area contributed by atoms with Crippen molar-refractivity contribution in [3.05, 3.63) is 59.9 Å². The lowest BCUT2D eigenvalue weighted by Gasteiger charge is -2.09. The second-order valence-electron chi connectivity index (χ2n) is 6.50. The smallest absolute Gasteiger partial charge is 0.326 e. The Labute approximate surface area is 169 Å². The molecule has 2 aromatic carbocycles. The van der Waals surface area contributed by atoms with Gasteiger partial charge in [-0.1, -0.05) is 18.2 Å². The zero-order valence-corrected chi connectivity index (χ0v) is 16.7. The normalized spacial score (nSPS) is 10.7. The van der Waals surface area contributed by atoms with Crippen LogP contribution < -0.4 is 10.1 Å². The molecule has 1 aromatic heterocycles. The lowest BCUT2D eigenvalue weighted by atomic mass is 10.2. The molecule has 29 heavy (non-hydrogen) atoms. The molecule has 3 rings (SSSR count). The minimum absolute atomic E-state index is 0.125. The van der Waals surface area contributed by atoms with Crippen LogP contribution in [0.1, 0.15) is 29.5 Å². The number of fused-ring (bicyclic) bond motifs is 1. The largest absolute Gasteiger partial charge is 0.497 e. The summed E-state index contributed by atoms with van der Waals surface area (Å²) in [4.78, 5) is 28.9. The fraction of sp³-hybridized carbons (Fsp3) is 0.318. The Bertz CT molecular complexity index is 997. The molecule has 0 spiro atoms. The second kappa shape index (κ2) is 9.73. The molecule has 7 heteroatoms. The number of carbonyl (C=O) groups is 2. The molecule has 152 valence electrons. The van der Waals surface area contributed by atoms with Gasteiger partial charge in [-0.2, -0.15) is 0 Å². The molecule has 0 saturated heterocycles. The molecule has 1 heterocycles. The van der Waals surface area contributed by atoms with E-state index in [2.05, 4.69) is 10.3 Å². The van der Waals surface area contributed by atoms with Crippen molar-refractivity contribution in [2.45, 2.75) is 26.3 Å². The van der Waals surface area contributed by atoms with Crippen LogP contribution in [0.3, 0.4) is 0 Å². The molecule has 0 fully saturated rings. The number of methoxy groups -OCH3 is 1. The summed E-state index contributed by atoms with van der Waals surface area (Å²) in [5.41, 5.74) is 2.29. The monoisotopic (exact) mass is 395 g/mol. The third kappa shape index (κ3) is 5.13. The summed E-state index contributed by atoms with van der Waals surface area (Å²) in [6.45, 7) is 2.76. The number of esters is 1. The van der Waals surface area contributed by atoms with Crippen LogP contribution in [-0.4, -0.2) is 41.7 Å².